The molecule has 140 valence electrons. The average Bonchev–Trinajstić information content (AvgIpc) is 3.18. The lowest BCUT2D eigenvalue weighted by Gasteiger charge is -2.26. The molecule has 2 heterocycles. The van der Waals surface area contributed by atoms with Crippen molar-refractivity contribution in [1.29, 1.82) is 0 Å². The van der Waals surface area contributed by atoms with Crippen LogP contribution in [-0.2, 0) is 0 Å². The Balaban J connectivity index is 1.84. The van der Waals surface area contributed by atoms with E-state index in [-0.39, 0.29) is 11.6 Å². The molecule has 2 aromatic heterocycles. The third-order valence-electron chi connectivity index (χ3n) is 5.46. The summed E-state index contributed by atoms with van der Waals surface area (Å²) in [6.07, 6.45) is 5.39. The van der Waals surface area contributed by atoms with E-state index < -0.39 is 11.6 Å². The van der Waals surface area contributed by atoms with Crippen LogP contribution in [0, 0.1) is 6.92 Å². The quantitative estimate of drug-likeness (QED) is 0.730. The fourth-order valence-corrected chi connectivity index (χ4v) is 3.90. The summed E-state index contributed by atoms with van der Waals surface area (Å²) >= 11 is 0. The van der Waals surface area contributed by atoms with Gasteiger partial charge >= 0.3 is 0 Å². The largest absolute Gasteiger partial charge is 0.377 e. The third kappa shape index (κ3) is 3.16. The second-order valence-electron chi connectivity index (χ2n) is 7.59. The zero-order valence-electron chi connectivity index (χ0n) is 15.5. The molecule has 1 saturated carbocycles. The Hall–Kier alpha value is -2.89. The molecular weight excluding hydrogens is 343 g/mol. The first kappa shape index (κ1) is 17.5. The number of primary amides is 1. The summed E-state index contributed by atoms with van der Waals surface area (Å²) in [5, 5.41) is 7.59. The zero-order valence-corrected chi connectivity index (χ0v) is 15.5. The van der Waals surface area contributed by atoms with Crippen molar-refractivity contribution in [2.45, 2.75) is 44.8 Å². The zero-order chi connectivity index (χ0) is 19.2. The molecule has 1 amide bonds. The number of alkyl halides is 1. The van der Waals surface area contributed by atoms with Gasteiger partial charge in [0, 0.05) is 11.8 Å². The highest BCUT2D eigenvalue weighted by molar-refractivity contribution is 6.02. The van der Waals surface area contributed by atoms with Crippen LogP contribution in [0.1, 0.15) is 42.1 Å². The minimum absolute atomic E-state index is 0.277. The first-order valence-corrected chi connectivity index (χ1v) is 9.19. The Bertz CT molecular complexity index is 1020. The van der Waals surface area contributed by atoms with E-state index >= 15 is 0 Å². The molecule has 2 unspecified atom stereocenters. The number of carbonyl (C=O) groups is 1. The number of aromatic nitrogens is 2. The summed E-state index contributed by atoms with van der Waals surface area (Å²) in [5.41, 5.74) is 8.98. The second kappa shape index (κ2) is 6.37. The molecule has 1 aromatic carbocycles. The summed E-state index contributed by atoms with van der Waals surface area (Å²) in [7, 11) is 0. The highest BCUT2D eigenvalue weighted by Gasteiger charge is 2.39. The lowest BCUT2D eigenvalue weighted by Crippen LogP contribution is -2.36. The van der Waals surface area contributed by atoms with Gasteiger partial charge in [0.2, 0.25) is 0 Å². The van der Waals surface area contributed by atoms with Crippen LogP contribution in [0.15, 0.2) is 42.7 Å². The Morgan fingerprint density at radius 3 is 2.85 bits per heavy atom. The number of carbonyl (C=O) groups excluding carboxylic acids is 1. The van der Waals surface area contributed by atoms with E-state index in [2.05, 4.69) is 16.5 Å². The average molecular weight is 366 g/mol. The van der Waals surface area contributed by atoms with E-state index in [1.54, 1.807) is 11.4 Å². The SMILES string of the molecule is Cc1cccc(-c2cc3c(NC4CCCC4(C)F)c(C(N)=O)cnn3c2)c1. The number of halogens is 1. The maximum Gasteiger partial charge on any atom is 0.252 e. The van der Waals surface area contributed by atoms with Crippen LogP contribution in [-0.4, -0.2) is 27.2 Å². The van der Waals surface area contributed by atoms with Gasteiger partial charge in [-0.1, -0.05) is 29.8 Å². The van der Waals surface area contributed by atoms with Crippen LogP contribution < -0.4 is 11.1 Å². The van der Waals surface area contributed by atoms with Crippen LogP contribution in [0.4, 0.5) is 10.1 Å². The fraction of sp³-hybridized carbons (Fsp3) is 0.333. The molecule has 0 saturated heterocycles. The van der Waals surface area contributed by atoms with E-state index in [1.165, 1.54) is 6.20 Å². The van der Waals surface area contributed by atoms with Crippen molar-refractivity contribution < 1.29 is 9.18 Å². The van der Waals surface area contributed by atoms with Gasteiger partial charge in [-0.25, -0.2) is 8.91 Å². The molecule has 6 heteroatoms. The van der Waals surface area contributed by atoms with Gasteiger partial charge in [-0.15, -0.1) is 0 Å². The molecule has 5 nitrogen and oxygen atoms in total. The van der Waals surface area contributed by atoms with Crippen LogP contribution in [0.5, 0.6) is 0 Å². The molecule has 4 rings (SSSR count). The molecule has 27 heavy (non-hydrogen) atoms. The van der Waals surface area contributed by atoms with Crippen LogP contribution in [0.3, 0.4) is 0 Å². The number of nitrogens with zero attached hydrogens (tertiary/aromatic N) is 2. The van der Waals surface area contributed by atoms with E-state index in [0.717, 1.165) is 23.1 Å². The number of hydrogen-bond donors (Lipinski definition) is 2. The Morgan fingerprint density at radius 1 is 1.37 bits per heavy atom. The molecule has 0 radical (unpaired) electrons. The highest BCUT2D eigenvalue weighted by atomic mass is 19.1. The molecule has 2 atom stereocenters. The molecule has 3 aromatic rings. The van der Waals surface area contributed by atoms with Gasteiger partial charge in [0.25, 0.3) is 5.91 Å². The summed E-state index contributed by atoms with van der Waals surface area (Å²) in [5.74, 6) is -0.579. The molecule has 1 aliphatic rings. The molecule has 1 aliphatic carbocycles. The summed E-state index contributed by atoms with van der Waals surface area (Å²) in [6, 6.07) is 9.76. The van der Waals surface area contributed by atoms with Gasteiger partial charge in [0.1, 0.15) is 5.67 Å². The van der Waals surface area contributed by atoms with Gasteiger partial charge in [-0.2, -0.15) is 5.10 Å². The van der Waals surface area contributed by atoms with Crippen LogP contribution >= 0.6 is 0 Å². The van der Waals surface area contributed by atoms with Gasteiger partial charge in [0.15, 0.2) is 0 Å². The van der Waals surface area contributed by atoms with Gasteiger partial charge in [-0.05, 0) is 44.7 Å². The minimum atomic E-state index is -1.32. The van der Waals surface area contributed by atoms with E-state index in [0.29, 0.717) is 24.0 Å². The number of rotatable bonds is 4. The van der Waals surface area contributed by atoms with E-state index in [1.807, 2.05) is 37.4 Å². The van der Waals surface area contributed by atoms with E-state index in [9.17, 15) is 9.18 Å². The van der Waals surface area contributed by atoms with Crippen molar-refractivity contribution in [2.75, 3.05) is 5.32 Å². The molecule has 0 spiro atoms. The van der Waals surface area contributed by atoms with Crippen molar-refractivity contribution in [2.24, 2.45) is 5.73 Å². The number of nitrogens with one attached hydrogen (secondary N) is 1. The van der Waals surface area contributed by atoms with Crippen molar-refractivity contribution in [3.05, 3.63) is 53.9 Å². The Morgan fingerprint density at radius 2 is 2.19 bits per heavy atom. The first-order valence-electron chi connectivity index (χ1n) is 9.19. The van der Waals surface area contributed by atoms with Crippen molar-refractivity contribution >= 4 is 17.1 Å². The maximum atomic E-state index is 14.8. The number of benzene rings is 1. The van der Waals surface area contributed by atoms with Gasteiger partial charge in [0.05, 0.1) is 29.0 Å². The maximum absolute atomic E-state index is 14.8. The summed E-state index contributed by atoms with van der Waals surface area (Å²) in [4.78, 5) is 12.0. The highest BCUT2D eigenvalue weighted by Crippen LogP contribution is 2.37. The smallest absolute Gasteiger partial charge is 0.252 e. The number of hydrogen-bond acceptors (Lipinski definition) is 3. The normalized spacial score (nSPS) is 22.3. The topological polar surface area (TPSA) is 72.4 Å². The lowest BCUT2D eigenvalue weighted by molar-refractivity contribution is 0.1000. The summed E-state index contributed by atoms with van der Waals surface area (Å²) in [6.45, 7) is 3.65. The number of nitrogens with two attached hydrogens (primary N) is 1. The number of fused-ring (bicyclic) bond motifs is 1. The second-order valence-corrected chi connectivity index (χ2v) is 7.59. The van der Waals surface area contributed by atoms with Crippen molar-refractivity contribution in [3.8, 4) is 11.1 Å². The van der Waals surface area contributed by atoms with Crippen LogP contribution in [0.2, 0.25) is 0 Å². The predicted molar refractivity (Wildman–Crippen MR) is 105 cm³/mol. The lowest BCUT2D eigenvalue weighted by atomic mass is 10.0. The monoisotopic (exact) mass is 366 g/mol. The fourth-order valence-electron chi connectivity index (χ4n) is 3.90. The number of amides is 1. The van der Waals surface area contributed by atoms with Crippen molar-refractivity contribution in [3.63, 3.8) is 0 Å². The molecule has 1 fully saturated rings. The number of anilines is 1. The van der Waals surface area contributed by atoms with Gasteiger partial charge < -0.3 is 11.1 Å². The molecule has 0 bridgehead atoms. The Labute approximate surface area is 157 Å². The number of aryl methyl sites for hydroxylation is 1. The third-order valence-corrected chi connectivity index (χ3v) is 5.46. The van der Waals surface area contributed by atoms with E-state index in [4.69, 9.17) is 5.73 Å². The molecular formula is C21H23FN4O. The summed E-state index contributed by atoms with van der Waals surface area (Å²) < 4.78 is 16.5. The Kier molecular flexibility index (Phi) is 4.13. The first-order chi connectivity index (χ1) is 12.8. The van der Waals surface area contributed by atoms with Gasteiger partial charge in [-0.3, -0.25) is 4.79 Å². The minimum Gasteiger partial charge on any atom is -0.377 e. The predicted octanol–water partition coefficient (Wildman–Crippen LogP) is 4.10. The molecule has 0 aliphatic heterocycles. The van der Waals surface area contributed by atoms with Crippen LogP contribution in [0.25, 0.3) is 16.6 Å². The molecule has 3 N–H and O–H groups in total. The van der Waals surface area contributed by atoms with Crippen molar-refractivity contribution in [1.82, 2.24) is 9.61 Å². The standard InChI is InChI=1S/C21H23FN4O/c1-13-5-3-6-14(9-13)15-10-17-19(25-18-7-4-8-21(18,2)22)16(20(23)27)11-24-26(17)12-15/h3,5-6,9-12,18,25H,4,7-8H2,1-2H3,(H2,23,27).